The molecule has 0 aromatic carbocycles. The summed E-state index contributed by atoms with van der Waals surface area (Å²) in [6.45, 7) is 0. The molecular weight excluding hydrogens is 282 g/mol. The molecule has 1 heterocycles. The zero-order valence-electron chi connectivity index (χ0n) is 13.4. The van der Waals surface area contributed by atoms with Crippen LogP contribution in [0.15, 0.2) is 21.9 Å². The predicted octanol–water partition coefficient (Wildman–Crippen LogP) is 0.888. The molecule has 0 radical (unpaired) electrons. The minimum atomic E-state index is -0.396. The van der Waals surface area contributed by atoms with E-state index < -0.39 is 5.56 Å². The molecule has 0 N–H and O–H groups in total. The van der Waals surface area contributed by atoms with Crippen LogP contribution in [0.2, 0.25) is 0 Å². The average Bonchev–Trinajstić information content (AvgIpc) is 2.54. The summed E-state index contributed by atoms with van der Waals surface area (Å²) in [7, 11) is 4.81. The molecule has 0 spiro atoms. The van der Waals surface area contributed by atoms with E-state index in [4.69, 9.17) is 0 Å². The van der Waals surface area contributed by atoms with Gasteiger partial charge in [0.15, 0.2) is 0 Å². The SMILES string of the molecule is CN(C(=O)/C=C/c1cn(C)c(=O)n(C)c1=O)C1CCCCC1. The second-order valence-corrected chi connectivity index (χ2v) is 5.92. The Kier molecular flexibility index (Phi) is 5.00. The van der Waals surface area contributed by atoms with Crippen molar-refractivity contribution in [3.05, 3.63) is 38.7 Å². The summed E-state index contributed by atoms with van der Waals surface area (Å²) in [5.41, 5.74) is -0.449. The number of carbonyl (C=O) groups is 1. The summed E-state index contributed by atoms with van der Waals surface area (Å²) in [4.78, 5) is 37.6. The Morgan fingerprint density at radius 1 is 1.23 bits per heavy atom. The van der Waals surface area contributed by atoms with Crippen molar-refractivity contribution in [2.75, 3.05) is 7.05 Å². The standard InChI is InChI=1S/C16H23N3O3/c1-17-11-12(15(21)19(3)16(17)22)9-10-14(20)18(2)13-7-5-4-6-8-13/h9-11,13H,4-8H2,1-3H3/b10-9+. The van der Waals surface area contributed by atoms with Crippen molar-refractivity contribution < 1.29 is 4.79 Å². The van der Waals surface area contributed by atoms with Crippen LogP contribution < -0.4 is 11.2 Å². The summed E-state index contributed by atoms with van der Waals surface area (Å²) in [5, 5.41) is 0. The maximum Gasteiger partial charge on any atom is 0.330 e. The Labute approximate surface area is 129 Å². The molecule has 1 aromatic rings. The molecule has 0 atom stereocenters. The van der Waals surface area contributed by atoms with Gasteiger partial charge in [0.1, 0.15) is 0 Å². The van der Waals surface area contributed by atoms with Crippen molar-refractivity contribution in [2.24, 2.45) is 14.1 Å². The Morgan fingerprint density at radius 3 is 2.50 bits per heavy atom. The molecule has 22 heavy (non-hydrogen) atoms. The molecule has 1 aliphatic rings. The number of aryl methyl sites for hydroxylation is 1. The number of aromatic nitrogens is 2. The first kappa shape index (κ1) is 16.3. The normalized spacial score (nSPS) is 16.1. The molecule has 2 rings (SSSR count). The zero-order chi connectivity index (χ0) is 16.3. The van der Waals surface area contributed by atoms with Gasteiger partial charge in [-0.15, -0.1) is 0 Å². The molecule has 120 valence electrons. The molecule has 0 saturated heterocycles. The third kappa shape index (κ3) is 3.37. The monoisotopic (exact) mass is 305 g/mol. The topological polar surface area (TPSA) is 64.3 Å². The van der Waals surface area contributed by atoms with Crippen LogP contribution in [-0.4, -0.2) is 33.0 Å². The van der Waals surface area contributed by atoms with Gasteiger partial charge in [-0.2, -0.15) is 0 Å². The fraction of sp³-hybridized carbons (Fsp3) is 0.562. The Bertz CT molecular complexity index is 694. The molecule has 1 amide bonds. The summed E-state index contributed by atoms with van der Waals surface area (Å²) < 4.78 is 2.37. The van der Waals surface area contributed by atoms with E-state index in [2.05, 4.69) is 0 Å². The fourth-order valence-corrected chi connectivity index (χ4v) is 2.88. The highest BCUT2D eigenvalue weighted by atomic mass is 16.2. The van der Waals surface area contributed by atoms with E-state index in [0.717, 1.165) is 30.3 Å². The van der Waals surface area contributed by atoms with Crippen LogP contribution in [0, 0.1) is 0 Å². The number of rotatable bonds is 3. The van der Waals surface area contributed by atoms with E-state index in [-0.39, 0.29) is 17.6 Å². The Balaban J connectivity index is 2.16. The zero-order valence-corrected chi connectivity index (χ0v) is 13.4. The van der Waals surface area contributed by atoms with Gasteiger partial charge < -0.3 is 9.47 Å². The first-order chi connectivity index (χ1) is 10.4. The van der Waals surface area contributed by atoms with Crippen LogP contribution in [0.3, 0.4) is 0 Å². The lowest BCUT2D eigenvalue weighted by Gasteiger charge is -2.30. The summed E-state index contributed by atoms with van der Waals surface area (Å²) in [6, 6.07) is 0.286. The Hall–Kier alpha value is -2.11. The van der Waals surface area contributed by atoms with Gasteiger partial charge in [0.25, 0.3) is 5.56 Å². The fourth-order valence-electron chi connectivity index (χ4n) is 2.88. The molecule has 1 fully saturated rings. The van der Waals surface area contributed by atoms with Gasteiger partial charge in [-0.25, -0.2) is 4.79 Å². The first-order valence-corrected chi connectivity index (χ1v) is 7.63. The molecule has 0 aliphatic heterocycles. The minimum Gasteiger partial charge on any atom is -0.339 e. The van der Waals surface area contributed by atoms with E-state index in [0.29, 0.717) is 5.56 Å². The van der Waals surface area contributed by atoms with E-state index in [1.54, 1.807) is 11.9 Å². The summed E-state index contributed by atoms with van der Waals surface area (Å²) >= 11 is 0. The van der Waals surface area contributed by atoms with Crippen LogP contribution in [-0.2, 0) is 18.9 Å². The lowest BCUT2D eigenvalue weighted by molar-refractivity contribution is -0.127. The minimum absolute atomic E-state index is 0.109. The third-order valence-electron chi connectivity index (χ3n) is 4.35. The van der Waals surface area contributed by atoms with Crippen molar-refractivity contribution >= 4 is 12.0 Å². The lowest BCUT2D eigenvalue weighted by atomic mass is 9.94. The van der Waals surface area contributed by atoms with Crippen molar-refractivity contribution in [3.63, 3.8) is 0 Å². The van der Waals surface area contributed by atoms with Gasteiger partial charge in [0, 0.05) is 39.5 Å². The third-order valence-corrected chi connectivity index (χ3v) is 4.35. The smallest absolute Gasteiger partial charge is 0.330 e. The summed E-state index contributed by atoms with van der Waals surface area (Å²) in [6.07, 6.45) is 9.99. The highest BCUT2D eigenvalue weighted by molar-refractivity contribution is 5.91. The van der Waals surface area contributed by atoms with Gasteiger partial charge in [-0.1, -0.05) is 19.3 Å². The first-order valence-electron chi connectivity index (χ1n) is 7.63. The number of carbonyl (C=O) groups excluding carboxylic acids is 1. The van der Waals surface area contributed by atoms with E-state index >= 15 is 0 Å². The van der Waals surface area contributed by atoms with Gasteiger partial charge in [-0.3, -0.25) is 14.2 Å². The second kappa shape index (κ2) is 6.77. The molecule has 1 aromatic heterocycles. The molecule has 6 nitrogen and oxygen atoms in total. The predicted molar refractivity (Wildman–Crippen MR) is 85.6 cm³/mol. The van der Waals surface area contributed by atoms with E-state index in [1.165, 1.54) is 36.4 Å². The van der Waals surface area contributed by atoms with Crippen molar-refractivity contribution in [1.29, 1.82) is 0 Å². The number of amides is 1. The number of hydrogen-bond acceptors (Lipinski definition) is 3. The van der Waals surface area contributed by atoms with E-state index in [9.17, 15) is 14.4 Å². The van der Waals surface area contributed by atoms with Crippen LogP contribution in [0.1, 0.15) is 37.7 Å². The van der Waals surface area contributed by atoms with E-state index in [1.807, 2.05) is 7.05 Å². The largest absolute Gasteiger partial charge is 0.339 e. The summed E-state index contributed by atoms with van der Waals surface area (Å²) in [5.74, 6) is -0.109. The van der Waals surface area contributed by atoms with Crippen LogP contribution in [0.25, 0.3) is 6.08 Å². The van der Waals surface area contributed by atoms with Crippen molar-refractivity contribution in [3.8, 4) is 0 Å². The molecule has 1 saturated carbocycles. The highest BCUT2D eigenvalue weighted by Crippen LogP contribution is 2.21. The van der Waals surface area contributed by atoms with Gasteiger partial charge in [0.05, 0.1) is 5.56 Å². The van der Waals surface area contributed by atoms with Gasteiger partial charge in [-0.05, 0) is 18.9 Å². The maximum atomic E-state index is 12.2. The van der Waals surface area contributed by atoms with Crippen molar-refractivity contribution in [2.45, 2.75) is 38.1 Å². The van der Waals surface area contributed by atoms with Crippen LogP contribution >= 0.6 is 0 Å². The van der Waals surface area contributed by atoms with Crippen molar-refractivity contribution in [1.82, 2.24) is 14.0 Å². The molecule has 6 heteroatoms. The molecule has 1 aliphatic carbocycles. The van der Waals surface area contributed by atoms with Crippen LogP contribution in [0.4, 0.5) is 0 Å². The quantitative estimate of drug-likeness (QED) is 0.779. The van der Waals surface area contributed by atoms with Gasteiger partial charge in [0.2, 0.25) is 5.91 Å². The lowest BCUT2D eigenvalue weighted by Crippen LogP contribution is -2.38. The van der Waals surface area contributed by atoms with Crippen LogP contribution in [0.5, 0.6) is 0 Å². The maximum absolute atomic E-state index is 12.2. The molecular formula is C16H23N3O3. The highest BCUT2D eigenvalue weighted by Gasteiger charge is 2.20. The molecule has 0 bridgehead atoms. The Morgan fingerprint density at radius 2 is 1.86 bits per heavy atom. The number of likely N-dealkylation sites (N-methyl/N-ethyl adjacent to an activating group) is 1. The number of hydrogen-bond donors (Lipinski definition) is 0. The second-order valence-electron chi connectivity index (χ2n) is 5.92. The average molecular weight is 305 g/mol. The number of nitrogens with zero attached hydrogens (tertiary/aromatic N) is 3. The van der Waals surface area contributed by atoms with Gasteiger partial charge >= 0.3 is 5.69 Å². The molecule has 0 unspecified atom stereocenters.